The van der Waals surface area contributed by atoms with Crippen molar-refractivity contribution < 1.29 is 4.79 Å². The number of carbonyl (C=O) groups is 1. The number of amides is 1. The molecule has 0 spiro atoms. The van der Waals surface area contributed by atoms with Crippen LogP contribution in [-0.2, 0) is 0 Å². The summed E-state index contributed by atoms with van der Waals surface area (Å²) in [6.45, 7) is 6.59. The van der Waals surface area contributed by atoms with Crippen LogP contribution in [0.4, 0.5) is 0 Å². The van der Waals surface area contributed by atoms with Crippen molar-refractivity contribution in [1.82, 2.24) is 14.5 Å². The summed E-state index contributed by atoms with van der Waals surface area (Å²) in [6.07, 6.45) is 0.785. The van der Waals surface area contributed by atoms with Crippen molar-refractivity contribution in [2.24, 2.45) is 0 Å². The Kier molecular flexibility index (Phi) is 5.33. The van der Waals surface area contributed by atoms with Crippen LogP contribution in [0, 0.1) is 0 Å². The summed E-state index contributed by atoms with van der Waals surface area (Å²) >= 11 is 7.04. The molecule has 1 aromatic heterocycles. The van der Waals surface area contributed by atoms with Gasteiger partial charge >= 0.3 is 0 Å². The van der Waals surface area contributed by atoms with E-state index in [2.05, 4.69) is 9.59 Å². The van der Waals surface area contributed by atoms with Crippen LogP contribution in [0.25, 0.3) is 0 Å². The third-order valence-corrected chi connectivity index (χ3v) is 3.41. The SMILES string of the molecule is CC(Cl)CCN(C)C(=O)c1snnc1C(C)C. The fourth-order valence-corrected chi connectivity index (χ4v) is 2.28. The standard InChI is InChI=1S/C11H18ClN3OS/c1-7(2)9-10(17-14-13-9)11(16)15(4)6-5-8(3)12/h7-8H,5-6H2,1-4H3. The predicted molar refractivity (Wildman–Crippen MR) is 70.9 cm³/mol. The summed E-state index contributed by atoms with van der Waals surface area (Å²) < 4.78 is 3.86. The predicted octanol–water partition coefficient (Wildman–Crippen LogP) is 2.75. The van der Waals surface area contributed by atoms with Gasteiger partial charge in [0.2, 0.25) is 0 Å². The van der Waals surface area contributed by atoms with Crippen molar-refractivity contribution in [1.29, 1.82) is 0 Å². The van der Waals surface area contributed by atoms with Gasteiger partial charge in [0.05, 0.1) is 5.69 Å². The van der Waals surface area contributed by atoms with Crippen molar-refractivity contribution >= 4 is 29.0 Å². The molecule has 0 N–H and O–H groups in total. The average molecular weight is 276 g/mol. The number of carbonyl (C=O) groups excluding carboxylic acids is 1. The molecular weight excluding hydrogens is 258 g/mol. The van der Waals surface area contributed by atoms with Crippen molar-refractivity contribution in [3.05, 3.63) is 10.6 Å². The molecule has 1 heterocycles. The summed E-state index contributed by atoms with van der Waals surface area (Å²) in [4.78, 5) is 14.5. The molecule has 0 aromatic carbocycles. The number of hydrogen-bond donors (Lipinski definition) is 0. The molecule has 4 nitrogen and oxygen atoms in total. The smallest absolute Gasteiger partial charge is 0.267 e. The van der Waals surface area contributed by atoms with Gasteiger partial charge in [-0.05, 0) is 30.8 Å². The van der Waals surface area contributed by atoms with Gasteiger partial charge in [-0.2, -0.15) is 0 Å². The van der Waals surface area contributed by atoms with Crippen molar-refractivity contribution in [3.63, 3.8) is 0 Å². The molecule has 0 radical (unpaired) electrons. The zero-order valence-electron chi connectivity index (χ0n) is 10.6. The second-order valence-corrected chi connectivity index (χ2v) is 5.94. The first kappa shape index (κ1) is 14.4. The molecule has 0 aliphatic carbocycles. The third kappa shape index (κ3) is 3.92. The van der Waals surface area contributed by atoms with E-state index in [0.717, 1.165) is 23.6 Å². The van der Waals surface area contributed by atoms with Gasteiger partial charge in [-0.3, -0.25) is 4.79 Å². The van der Waals surface area contributed by atoms with E-state index in [9.17, 15) is 4.79 Å². The highest BCUT2D eigenvalue weighted by atomic mass is 35.5. The molecule has 0 saturated heterocycles. The molecular formula is C11H18ClN3OS. The van der Waals surface area contributed by atoms with Crippen LogP contribution >= 0.6 is 23.1 Å². The molecule has 1 rings (SSSR count). The second-order valence-electron chi connectivity index (χ2n) is 4.44. The van der Waals surface area contributed by atoms with Gasteiger partial charge in [0, 0.05) is 19.0 Å². The average Bonchev–Trinajstić information content (AvgIpc) is 2.73. The van der Waals surface area contributed by atoms with Crippen LogP contribution in [0.2, 0.25) is 0 Å². The van der Waals surface area contributed by atoms with E-state index in [0.29, 0.717) is 11.4 Å². The molecule has 96 valence electrons. The first-order chi connectivity index (χ1) is 7.93. The minimum atomic E-state index is -0.0129. The number of hydrogen-bond acceptors (Lipinski definition) is 4. The minimum absolute atomic E-state index is 0.0129. The van der Waals surface area contributed by atoms with Crippen molar-refractivity contribution in [2.75, 3.05) is 13.6 Å². The molecule has 0 aliphatic heterocycles. The van der Waals surface area contributed by atoms with Crippen LogP contribution in [0.3, 0.4) is 0 Å². The fraction of sp³-hybridized carbons (Fsp3) is 0.727. The summed E-state index contributed by atoms with van der Waals surface area (Å²) in [5, 5.41) is 4.09. The quantitative estimate of drug-likeness (QED) is 0.776. The molecule has 1 amide bonds. The Morgan fingerprint density at radius 2 is 2.12 bits per heavy atom. The van der Waals surface area contributed by atoms with Crippen molar-refractivity contribution in [2.45, 2.75) is 38.5 Å². The van der Waals surface area contributed by atoms with E-state index in [1.54, 1.807) is 11.9 Å². The Balaban J connectivity index is 2.71. The lowest BCUT2D eigenvalue weighted by atomic mass is 10.1. The highest BCUT2D eigenvalue weighted by Gasteiger charge is 2.21. The molecule has 1 unspecified atom stereocenters. The van der Waals surface area contributed by atoms with Crippen LogP contribution < -0.4 is 0 Å². The van der Waals surface area contributed by atoms with Gasteiger partial charge < -0.3 is 4.90 Å². The molecule has 0 fully saturated rings. The van der Waals surface area contributed by atoms with Crippen LogP contribution in [0.1, 0.15) is 48.5 Å². The molecule has 1 atom stereocenters. The van der Waals surface area contributed by atoms with E-state index in [-0.39, 0.29) is 17.2 Å². The molecule has 0 bridgehead atoms. The minimum Gasteiger partial charge on any atom is -0.341 e. The largest absolute Gasteiger partial charge is 0.341 e. The Morgan fingerprint density at radius 3 is 2.65 bits per heavy atom. The number of alkyl halides is 1. The van der Waals surface area contributed by atoms with E-state index in [4.69, 9.17) is 11.6 Å². The number of nitrogens with zero attached hydrogens (tertiary/aromatic N) is 3. The highest BCUT2D eigenvalue weighted by molar-refractivity contribution is 7.08. The van der Waals surface area contributed by atoms with E-state index >= 15 is 0 Å². The lowest BCUT2D eigenvalue weighted by Crippen LogP contribution is -2.29. The number of aromatic nitrogens is 2. The lowest BCUT2D eigenvalue weighted by molar-refractivity contribution is 0.0796. The Morgan fingerprint density at radius 1 is 1.47 bits per heavy atom. The van der Waals surface area contributed by atoms with Gasteiger partial charge in [-0.25, -0.2) is 0 Å². The van der Waals surface area contributed by atoms with Gasteiger partial charge in [0.25, 0.3) is 5.91 Å². The number of halogens is 1. The van der Waals surface area contributed by atoms with Crippen molar-refractivity contribution in [3.8, 4) is 0 Å². The highest BCUT2D eigenvalue weighted by Crippen LogP contribution is 2.21. The number of rotatable bonds is 5. The first-order valence-electron chi connectivity index (χ1n) is 5.65. The third-order valence-electron chi connectivity index (χ3n) is 2.46. The molecule has 0 saturated carbocycles. The summed E-state index contributed by atoms with van der Waals surface area (Å²) in [5.41, 5.74) is 0.783. The summed E-state index contributed by atoms with van der Waals surface area (Å²) in [6, 6.07) is 0. The Labute approximate surface area is 111 Å². The summed E-state index contributed by atoms with van der Waals surface area (Å²) in [7, 11) is 1.78. The van der Waals surface area contributed by atoms with E-state index in [1.807, 2.05) is 20.8 Å². The Hall–Kier alpha value is -0.680. The summed E-state index contributed by atoms with van der Waals surface area (Å²) in [5.74, 6) is 0.203. The van der Waals surface area contributed by atoms with E-state index < -0.39 is 0 Å². The maximum atomic E-state index is 12.2. The second kappa shape index (κ2) is 6.31. The Bertz CT molecular complexity index is 379. The van der Waals surface area contributed by atoms with Gasteiger partial charge in [0.15, 0.2) is 0 Å². The molecule has 17 heavy (non-hydrogen) atoms. The van der Waals surface area contributed by atoms with Crippen LogP contribution in [0.15, 0.2) is 0 Å². The lowest BCUT2D eigenvalue weighted by Gasteiger charge is -2.17. The fourth-order valence-electron chi connectivity index (χ4n) is 1.37. The maximum absolute atomic E-state index is 12.2. The van der Waals surface area contributed by atoms with Crippen LogP contribution in [0.5, 0.6) is 0 Å². The van der Waals surface area contributed by atoms with Gasteiger partial charge in [-0.15, -0.1) is 16.7 Å². The zero-order chi connectivity index (χ0) is 13.0. The normalized spacial score (nSPS) is 12.8. The zero-order valence-corrected chi connectivity index (χ0v) is 12.2. The van der Waals surface area contributed by atoms with Gasteiger partial charge in [0.1, 0.15) is 4.88 Å². The topological polar surface area (TPSA) is 46.1 Å². The molecule has 1 aromatic rings. The molecule has 0 aliphatic rings. The first-order valence-corrected chi connectivity index (χ1v) is 6.86. The monoisotopic (exact) mass is 275 g/mol. The van der Waals surface area contributed by atoms with E-state index in [1.165, 1.54) is 0 Å². The van der Waals surface area contributed by atoms with Crippen LogP contribution in [-0.4, -0.2) is 39.4 Å². The molecule has 6 heteroatoms. The maximum Gasteiger partial charge on any atom is 0.267 e. The van der Waals surface area contributed by atoms with Gasteiger partial charge in [-0.1, -0.05) is 18.3 Å².